The summed E-state index contributed by atoms with van der Waals surface area (Å²) in [6, 6.07) is 4.91. The Hall–Kier alpha value is -2.50. The molecule has 35 heavy (non-hydrogen) atoms. The molecule has 8 nitrogen and oxygen atoms in total. The third kappa shape index (κ3) is 4.81. The van der Waals surface area contributed by atoms with Crippen LogP contribution in [-0.2, 0) is 19.9 Å². The zero-order chi connectivity index (χ0) is 24.7. The highest BCUT2D eigenvalue weighted by Gasteiger charge is 2.57. The van der Waals surface area contributed by atoms with Crippen molar-refractivity contribution in [2.75, 3.05) is 31.5 Å². The van der Waals surface area contributed by atoms with Gasteiger partial charge in [0.25, 0.3) is 5.91 Å². The van der Waals surface area contributed by atoms with Crippen LogP contribution in [0.1, 0.15) is 37.0 Å². The molecule has 5 heterocycles. The van der Waals surface area contributed by atoms with Gasteiger partial charge in [-0.1, -0.05) is 6.07 Å². The molecule has 3 aliphatic heterocycles. The van der Waals surface area contributed by atoms with Crippen molar-refractivity contribution in [1.82, 2.24) is 9.97 Å². The van der Waals surface area contributed by atoms with Crippen molar-refractivity contribution in [2.45, 2.75) is 49.7 Å². The summed E-state index contributed by atoms with van der Waals surface area (Å²) in [4.78, 5) is 34.4. The van der Waals surface area contributed by atoms with Crippen LogP contribution in [0.2, 0.25) is 0 Å². The Labute approximate surface area is 205 Å². The summed E-state index contributed by atoms with van der Waals surface area (Å²) in [5, 5.41) is 16.1. The van der Waals surface area contributed by atoms with Crippen LogP contribution >= 0.6 is 11.3 Å². The van der Waals surface area contributed by atoms with E-state index in [4.69, 9.17) is 4.74 Å². The quantitative estimate of drug-likeness (QED) is 0.442. The maximum absolute atomic E-state index is 14.0. The molecule has 1 saturated carbocycles. The zero-order valence-corrected chi connectivity index (χ0v) is 20.1. The smallest absolute Gasteiger partial charge is 0.344 e. The summed E-state index contributed by atoms with van der Waals surface area (Å²) in [7, 11) is 0. The van der Waals surface area contributed by atoms with Crippen LogP contribution in [-0.4, -0.2) is 69.6 Å². The van der Waals surface area contributed by atoms with E-state index in [-0.39, 0.29) is 31.2 Å². The second kappa shape index (κ2) is 9.18. The number of alkyl halides is 2. The number of quaternary nitrogens is 1. The molecule has 0 aromatic carbocycles. The average Bonchev–Trinajstić information content (AvgIpc) is 3.50. The molecule has 0 spiro atoms. The van der Waals surface area contributed by atoms with E-state index in [1.54, 1.807) is 29.8 Å². The summed E-state index contributed by atoms with van der Waals surface area (Å²) in [6.45, 7) is 2.25. The molecule has 0 radical (unpaired) electrons. The minimum Gasteiger partial charge on any atom is -0.454 e. The van der Waals surface area contributed by atoms with Crippen molar-refractivity contribution in [3.8, 4) is 0 Å². The van der Waals surface area contributed by atoms with Crippen molar-refractivity contribution in [1.29, 1.82) is 0 Å². The molecule has 1 aliphatic carbocycles. The molecule has 4 fully saturated rings. The van der Waals surface area contributed by atoms with E-state index in [0.29, 0.717) is 21.7 Å². The Kier molecular flexibility index (Phi) is 6.35. The first-order chi connectivity index (χ1) is 16.7. The van der Waals surface area contributed by atoms with E-state index in [9.17, 15) is 23.5 Å². The first-order valence-electron chi connectivity index (χ1n) is 12.0. The fourth-order valence-electron chi connectivity index (χ4n) is 5.93. The first-order valence-corrected chi connectivity index (χ1v) is 12.8. The van der Waals surface area contributed by atoms with Gasteiger partial charge in [-0.15, -0.1) is 11.3 Å². The Morgan fingerprint density at radius 2 is 2.09 bits per heavy atom. The lowest BCUT2D eigenvalue weighted by atomic mass is 9.82. The van der Waals surface area contributed by atoms with Crippen molar-refractivity contribution in [2.24, 2.45) is 11.8 Å². The number of carbonyl (C=O) groups excluding carboxylic acids is 2. The topological polar surface area (TPSA) is 101 Å². The number of halogens is 2. The lowest BCUT2D eigenvalue weighted by molar-refractivity contribution is -0.939. The van der Waals surface area contributed by atoms with Gasteiger partial charge in [0.1, 0.15) is 18.7 Å². The number of aromatic nitrogens is 2. The van der Waals surface area contributed by atoms with Gasteiger partial charge >= 0.3 is 5.97 Å². The summed E-state index contributed by atoms with van der Waals surface area (Å²) in [5.41, 5.74) is -2.10. The van der Waals surface area contributed by atoms with E-state index in [2.05, 4.69) is 15.3 Å². The predicted molar refractivity (Wildman–Crippen MR) is 123 cm³/mol. The minimum atomic E-state index is -2.90. The van der Waals surface area contributed by atoms with Crippen LogP contribution in [0.5, 0.6) is 0 Å². The van der Waals surface area contributed by atoms with Gasteiger partial charge in [-0.05, 0) is 23.9 Å². The molecule has 3 saturated heterocycles. The molecule has 2 aromatic heterocycles. The summed E-state index contributed by atoms with van der Waals surface area (Å²) in [5.74, 6) is -4.30. The van der Waals surface area contributed by atoms with Gasteiger partial charge in [0.2, 0.25) is 5.92 Å². The number of nitrogens with zero attached hydrogens (tertiary/aromatic N) is 3. The van der Waals surface area contributed by atoms with Crippen LogP contribution in [0.4, 0.5) is 14.6 Å². The van der Waals surface area contributed by atoms with Crippen LogP contribution in [0, 0.1) is 11.8 Å². The second-order valence-corrected chi connectivity index (χ2v) is 11.0. The Morgan fingerprint density at radius 1 is 1.29 bits per heavy atom. The number of aliphatic hydroxyl groups is 1. The molecule has 4 aliphatic rings. The molecule has 2 unspecified atom stereocenters. The Morgan fingerprint density at radius 3 is 2.71 bits per heavy atom. The molecule has 3 atom stereocenters. The molecular weight excluding hydrogens is 478 g/mol. The normalized spacial score (nSPS) is 31.0. The van der Waals surface area contributed by atoms with E-state index in [0.717, 1.165) is 25.9 Å². The van der Waals surface area contributed by atoms with Gasteiger partial charge in [-0.2, -0.15) is 0 Å². The summed E-state index contributed by atoms with van der Waals surface area (Å²) >= 11 is 1.17. The van der Waals surface area contributed by atoms with Gasteiger partial charge in [0, 0.05) is 48.6 Å². The van der Waals surface area contributed by atoms with Crippen molar-refractivity contribution in [3.05, 3.63) is 41.0 Å². The number of piperidine rings is 3. The van der Waals surface area contributed by atoms with E-state index in [1.165, 1.54) is 17.7 Å². The van der Waals surface area contributed by atoms with Crippen LogP contribution < -0.4 is 5.32 Å². The molecule has 2 N–H and O–H groups in total. The molecule has 11 heteroatoms. The van der Waals surface area contributed by atoms with Crippen LogP contribution in [0.3, 0.4) is 0 Å². The first kappa shape index (κ1) is 24.2. The average molecular weight is 508 g/mol. The number of carbonyl (C=O) groups is 2. The van der Waals surface area contributed by atoms with Gasteiger partial charge < -0.3 is 19.6 Å². The minimum absolute atomic E-state index is 0.0494. The van der Waals surface area contributed by atoms with Crippen molar-refractivity contribution < 1.29 is 32.7 Å². The van der Waals surface area contributed by atoms with Gasteiger partial charge in [0.15, 0.2) is 18.2 Å². The van der Waals surface area contributed by atoms with Gasteiger partial charge in [-0.3, -0.25) is 4.79 Å². The zero-order valence-electron chi connectivity index (χ0n) is 19.2. The third-order valence-electron chi connectivity index (χ3n) is 7.83. The molecule has 1 amide bonds. The highest BCUT2D eigenvalue weighted by molar-refractivity contribution is 7.10. The predicted octanol–water partition coefficient (Wildman–Crippen LogP) is 2.95. The van der Waals surface area contributed by atoms with Crippen LogP contribution in [0.15, 0.2) is 36.1 Å². The van der Waals surface area contributed by atoms with Crippen molar-refractivity contribution in [3.63, 3.8) is 0 Å². The van der Waals surface area contributed by atoms with E-state index >= 15 is 0 Å². The monoisotopic (exact) mass is 507 g/mol. The lowest BCUT2D eigenvalue weighted by Gasteiger charge is -2.51. The molecule has 188 valence electrons. The maximum atomic E-state index is 14.0. The molecule has 6 rings (SSSR count). The number of nitrogens with one attached hydrogen (secondary N) is 1. The number of hydrogen-bond donors (Lipinski definition) is 2. The summed E-state index contributed by atoms with van der Waals surface area (Å²) in [6.07, 6.45) is 3.15. The fourth-order valence-corrected chi connectivity index (χ4v) is 6.82. The molecular formula is C24H29F2N4O4S+. The molecule has 2 bridgehead atoms. The molecule has 2 aromatic rings. The number of fused-ring (bicyclic) bond motifs is 3. The number of rotatable bonds is 7. The lowest BCUT2D eigenvalue weighted by Crippen LogP contribution is -2.66. The highest BCUT2D eigenvalue weighted by atomic mass is 32.1. The highest BCUT2D eigenvalue weighted by Crippen LogP contribution is 2.49. The Balaban J connectivity index is 1.30. The van der Waals surface area contributed by atoms with Gasteiger partial charge in [0.05, 0.1) is 13.1 Å². The number of amides is 1. The van der Waals surface area contributed by atoms with Crippen LogP contribution in [0.25, 0.3) is 0 Å². The third-order valence-corrected chi connectivity index (χ3v) is 8.83. The van der Waals surface area contributed by atoms with E-state index < -0.39 is 35.9 Å². The Bertz CT molecular complexity index is 1060. The number of hydrogen-bond acceptors (Lipinski definition) is 7. The number of anilines is 1. The fraction of sp³-hybridized carbons (Fsp3) is 0.583. The largest absolute Gasteiger partial charge is 0.454 e. The SMILES string of the molecule is O=C(C[N+]12CCC(CC1)C(OC(=O)[C@@](O)(c1cccs1)C1CCC(F)(F)C1)C2)Nc1ccncn1. The van der Waals surface area contributed by atoms with Crippen molar-refractivity contribution >= 4 is 29.0 Å². The van der Waals surface area contributed by atoms with E-state index in [1.807, 2.05) is 0 Å². The number of thiophene rings is 1. The second-order valence-electron chi connectivity index (χ2n) is 10.1. The number of esters is 1. The summed E-state index contributed by atoms with van der Waals surface area (Å²) < 4.78 is 34.5. The number of ether oxygens (including phenoxy) is 1. The van der Waals surface area contributed by atoms with Gasteiger partial charge in [-0.25, -0.2) is 23.5 Å². The maximum Gasteiger partial charge on any atom is 0.344 e. The standard InChI is InChI=1S/C24H28F2N4O4S/c25-23(26)7-3-17(12-23)24(33,19-2-1-11-35-19)22(32)34-18-13-30(9-5-16(18)6-10-30)14-21(31)29-20-4-8-27-15-28-20/h1-2,4,8,11,15-18,33H,3,5-7,9-10,12-14H2/p+1/t16?,17?,18?,24-,30?/m0/s1.